The van der Waals surface area contributed by atoms with Crippen LogP contribution in [0.1, 0.15) is 51.9 Å². The molecule has 1 saturated carbocycles. The lowest BCUT2D eigenvalue weighted by Crippen LogP contribution is -2.40. The van der Waals surface area contributed by atoms with Crippen molar-refractivity contribution >= 4 is 0 Å². The Balaban J connectivity index is 1.68. The third-order valence-corrected chi connectivity index (χ3v) is 4.32. The Labute approximate surface area is 112 Å². The van der Waals surface area contributed by atoms with Gasteiger partial charge in [0.2, 0.25) is 0 Å². The first kappa shape index (κ1) is 14.3. The van der Waals surface area contributed by atoms with Crippen molar-refractivity contribution in [3.63, 3.8) is 0 Å². The molecule has 1 aliphatic carbocycles. The van der Waals surface area contributed by atoms with Crippen molar-refractivity contribution < 1.29 is 9.47 Å². The standard InChI is InChI=1S/C15H29NO2/c1-2-3-9-17-10-6-15(7-11-18-12-8-15)13-16-14-4-5-14/h14,16H,2-13H2,1H3. The minimum Gasteiger partial charge on any atom is -0.381 e. The minimum absolute atomic E-state index is 0.438. The van der Waals surface area contributed by atoms with Crippen LogP contribution in [0.25, 0.3) is 0 Å². The van der Waals surface area contributed by atoms with Gasteiger partial charge in [-0.25, -0.2) is 0 Å². The molecule has 1 heterocycles. The highest BCUT2D eigenvalue weighted by Crippen LogP contribution is 2.34. The highest BCUT2D eigenvalue weighted by molar-refractivity contribution is 4.89. The first-order valence-electron chi connectivity index (χ1n) is 7.73. The molecule has 0 bridgehead atoms. The first-order chi connectivity index (χ1) is 8.85. The number of ether oxygens (including phenoxy) is 2. The second-order valence-electron chi connectivity index (χ2n) is 5.98. The van der Waals surface area contributed by atoms with Crippen LogP contribution in [0.2, 0.25) is 0 Å². The van der Waals surface area contributed by atoms with Crippen LogP contribution in [0.4, 0.5) is 0 Å². The lowest BCUT2D eigenvalue weighted by molar-refractivity contribution is -0.00658. The summed E-state index contributed by atoms with van der Waals surface area (Å²) in [7, 11) is 0. The zero-order chi connectivity index (χ0) is 12.7. The molecule has 0 amide bonds. The number of unbranched alkanes of at least 4 members (excludes halogenated alkanes) is 1. The molecule has 0 aromatic rings. The van der Waals surface area contributed by atoms with E-state index in [9.17, 15) is 0 Å². The van der Waals surface area contributed by atoms with Gasteiger partial charge in [0.15, 0.2) is 0 Å². The van der Waals surface area contributed by atoms with E-state index in [1.807, 2.05) is 0 Å². The summed E-state index contributed by atoms with van der Waals surface area (Å²) in [4.78, 5) is 0. The zero-order valence-corrected chi connectivity index (χ0v) is 11.9. The Morgan fingerprint density at radius 2 is 2.00 bits per heavy atom. The van der Waals surface area contributed by atoms with Crippen LogP contribution in [0.15, 0.2) is 0 Å². The topological polar surface area (TPSA) is 30.5 Å². The van der Waals surface area contributed by atoms with Crippen LogP contribution in [-0.2, 0) is 9.47 Å². The van der Waals surface area contributed by atoms with Crippen molar-refractivity contribution in [3.8, 4) is 0 Å². The van der Waals surface area contributed by atoms with Gasteiger partial charge in [-0.3, -0.25) is 0 Å². The van der Waals surface area contributed by atoms with E-state index in [1.165, 1.54) is 44.9 Å². The number of hydrogen-bond donors (Lipinski definition) is 1. The fourth-order valence-corrected chi connectivity index (χ4v) is 2.61. The van der Waals surface area contributed by atoms with Gasteiger partial charge in [-0.1, -0.05) is 13.3 Å². The molecule has 3 nitrogen and oxygen atoms in total. The molecule has 18 heavy (non-hydrogen) atoms. The van der Waals surface area contributed by atoms with Gasteiger partial charge in [-0.05, 0) is 43.9 Å². The maximum absolute atomic E-state index is 5.76. The monoisotopic (exact) mass is 255 g/mol. The lowest BCUT2D eigenvalue weighted by Gasteiger charge is -2.37. The van der Waals surface area contributed by atoms with Crippen LogP contribution >= 0.6 is 0 Å². The molecule has 1 saturated heterocycles. The Kier molecular flexibility index (Phi) is 5.93. The summed E-state index contributed by atoms with van der Waals surface area (Å²) in [5.41, 5.74) is 0.438. The van der Waals surface area contributed by atoms with Crippen molar-refractivity contribution in [2.75, 3.05) is 33.0 Å². The molecule has 0 atom stereocenters. The third-order valence-electron chi connectivity index (χ3n) is 4.32. The molecular weight excluding hydrogens is 226 g/mol. The Morgan fingerprint density at radius 1 is 1.22 bits per heavy atom. The van der Waals surface area contributed by atoms with Crippen LogP contribution in [0, 0.1) is 5.41 Å². The smallest absolute Gasteiger partial charge is 0.0471 e. The molecule has 2 fully saturated rings. The van der Waals surface area contributed by atoms with Gasteiger partial charge in [0.25, 0.3) is 0 Å². The summed E-state index contributed by atoms with van der Waals surface area (Å²) in [5, 5.41) is 3.71. The second-order valence-corrected chi connectivity index (χ2v) is 5.98. The maximum Gasteiger partial charge on any atom is 0.0471 e. The van der Waals surface area contributed by atoms with E-state index < -0.39 is 0 Å². The minimum atomic E-state index is 0.438. The van der Waals surface area contributed by atoms with Gasteiger partial charge in [0, 0.05) is 39.0 Å². The summed E-state index contributed by atoms with van der Waals surface area (Å²) in [6.07, 6.45) is 8.76. The average Bonchev–Trinajstić information content (AvgIpc) is 3.22. The van der Waals surface area contributed by atoms with E-state index in [0.29, 0.717) is 5.41 Å². The largest absolute Gasteiger partial charge is 0.381 e. The third kappa shape index (κ3) is 4.87. The fourth-order valence-electron chi connectivity index (χ4n) is 2.61. The fraction of sp³-hybridized carbons (Fsp3) is 1.00. The molecule has 2 aliphatic rings. The van der Waals surface area contributed by atoms with E-state index in [4.69, 9.17) is 9.47 Å². The molecule has 0 aromatic carbocycles. The molecule has 106 valence electrons. The summed E-state index contributed by atoms with van der Waals surface area (Å²) in [6.45, 7) is 7.09. The van der Waals surface area contributed by atoms with Crippen LogP contribution in [0.3, 0.4) is 0 Å². The average molecular weight is 255 g/mol. The van der Waals surface area contributed by atoms with Gasteiger partial charge in [0.05, 0.1) is 0 Å². The van der Waals surface area contributed by atoms with Crippen molar-refractivity contribution in [2.45, 2.75) is 57.9 Å². The molecule has 0 aromatic heterocycles. The molecule has 2 rings (SSSR count). The summed E-state index contributed by atoms with van der Waals surface area (Å²) >= 11 is 0. The Hall–Kier alpha value is -0.120. The number of nitrogens with one attached hydrogen (secondary N) is 1. The summed E-state index contributed by atoms with van der Waals surface area (Å²) in [5.74, 6) is 0. The Bertz CT molecular complexity index is 223. The van der Waals surface area contributed by atoms with Crippen molar-refractivity contribution in [1.82, 2.24) is 5.32 Å². The highest BCUT2D eigenvalue weighted by atomic mass is 16.5. The van der Waals surface area contributed by atoms with Crippen molar-refractivity contribution in [3.05, 3.63) is 0 Å². The summed E-state index contributed by atoms with van der Waals surface area (Å²) in [6, 6.07) is 0.811. The lowest BCUT2D eigenvalue weighted by atomic mass is 9.77. The summed E-state index contributed by atoms with van der Waals surface area (Å²) < 4.78 is 11.3. The number of hydrogen-bond acceptors (Lipinski definition) is 3. The van der Waals surface area contributed by atoms with Gasteiger partial charge < -0.3 is 14.8 Å². The zero-order valence-electron chi connectivity index (χ0n) is 11.9. The van der Waals surface area contributed by atoms with Gasteiger partial charge in [0.1, 0.15) is 0 Å². The maximum atomic E-state index is 5.76. The van der Waals surface area contributed by atoms with E-state index >= 15 is 0 Å². The van der Waals surface area contributed by atoms with Gasteiger partial charge in [-0.15, -0.1) is 0 Å². The van der Waals surface area contributed by atoms with Gasteiger partial charge in [-0.2, -0.15) is 0 Å². The predicted octanol–water partition coefficient (Wildman–Crippen LogP) is 2.74. The molecule has 1 N–H and O–H groups in total. The molecular formula is C15H29NO2. The molecule has 0 spiro atoms. The van der Waals surface area contributed by atoms with Gasteiger partial charge >= 0.3 is 0 Å². The van der Waals surface area contributed by atoms with Crippen LogP contribution in [0.5, 0.6) is 0 Å². The van der Waals surface area contributed by atoms with E-state index in [0.717, 1.165) is 39.0 Å². The molecule has 1 aliphatic heterocycles. The number of rotatable bonds is 9. The predicted molar refractivity (Wildman–Crippen MR) is 73.9 cm³/mol. The first-order valence-corrected chi connectivity index (χ1v) is 7.73. The quantitative estimate of drug-likeness (QED) is 0.643. The van der Waals surface area contributed by atoms with Crippen LogP contribution < -0.4 is 5.32 Å². The normalized spacial score (nSPS) is 23.2. The SMILES string of the molecule is CCCCOCCC1(CNC2CC2)CCOCC1. The Morgan fingerprint density at radius 3 is 2.67 bits per heavy atom. The van der Waals surface area contributed by atoms with Crippen molar-refractivity contribution in [2.24, 2.45) is 5.41 Å². The van der Waals surface area contributed by atoms with Crippen LogP contribution in [-0.4, -0.2) is 39.0 Å². The van der Waals surface area contributed by atoms with E-state index in [-0.39, 0.29) is 0 Å². The molecule has 0 unspecified atom stereocenters. The van der Waals surface area contributed by atoms with Crippen molar-refractivity contribution in [1.29, 1.82) is 0 Å². The second kappa shape index (κ2) is 7.46. The molecule has 0 radical (unpaired) electrons. The van der Waals surface area contributed by atoms with E-state index in [2.05, 4.69) is 12.2 Å². The molecule has 3 heteroatoms. The van der Waals surface area contributed by atoms with E-state index in [1.54, 1.807) is 0 Å². The highest BCUT2D eigenvalue weighted by Gasteiger charge is 2.34.